The normalized spacial score (nSPS) is 14.1. The number of aromatic nitrogens is 3. The number of pyridine rings is 1. The van der Waals surface area contributed by atoms with Crippen LogP contribution >= 0.6 is 0 Å². The lowest BCUT2D eigenvalue weighted by Gasteiger charge is -2.06. The number of amides is 1. The molecule has 0 unspecified atom stereocenters. The number of benzene rings is 1. The van der Waals surface area contributed by atoms with E-state index in [1.54, 1.807) is 6.07 Å². The molecule has 6 nitrogen and oxygen atoms in total. The maximum absolute atomic E-state index is 12.4. The second-order valence-corrected chi connectivity index (χ2v) is 5.69. The van der Waals surface area contributed by atoms with Crippen LogP contribution in [-0.4, -0.2) is 26.6 Å². The van der Waals surface area contributed by atoms with E-state index >= 15 is 0 Å². The minimum atomic E-state index is -0.633. The van der Waals surface area contributed by atoms with Crippen molar-refractivity contribution >= 4 is 22.7 Å². The molecule has 0 aliphatic heterocycles. The maximum atomic E-state index is 12.4. The third kappa shape index (κ3) is 2.28. The Balaban J connectivity index is 1.96. The molecule has 6 heteroatoms. The molecule has 0 bridgehead atoms. The molecule has 2 heterocycles. The van der Waals surface area contributed by atoms with Crippen LogP contribution in [0.4, 0.5) is 0 Å². The number of rotatable bonds is 3. The largest absolute Gasteiger partial charge is 0.364 e. The summed E-state index contributed by atoms with van der Waals surface area (Å²) in [5.74, 6) is -0.643. The fraction of sp³-hybridized carbons (Fsp3) is 0.176. The number of hydrogen-bond donors (Lipinski definition) is 1. The van der Waals surface area contributed by atoms with Gasteiger partial charge in [0.25, 0.3) is 11.8 Å². The molecule has 114 valence electrons. The van der Waals surface area contributed by atoms with Gasteiger partial charge in [0.1, 0.15) is 5.69 Å². The monoisotopic (exact) mass is 306 g/mol. The third-order valence-corrected chi connectivity index (χ3v) is 4.01. The Kier molecular flexibility index (Phi) is 2.97. The molecular weight excluding hydrogens is 292 g/mol. The van der Waals surface area contributed by atoms with Crippen molar-refractivity contribution in [1.29, 1.82) is 0 Å². The predicted molar refractivity (Wildman–Crippen MR) is 84.8 cm³/mol. The Morgan fingerprint density at radius 3 is 2.57 bits per heavy atom. The molecule has 0 radical (unpaired) electrons. The van der Waals surface area contributed by atoms with Gasteiger partial charge in [-0.25, -0.2) is 4.98 Å². The topological polar surface area (TPSA) is 90.9 Å². The van der Waals surface area contributed by atoms with E-state index < -0.39 is 5.91 Å². The van der Waals surface area contributed by atoms with Gasteiger partial charge in [0.05, 0.1) is 22.8 Å². The zero-order valence-corrected chi connectivity index (χ0v) is 12.3. The van der Waals surface area contributed by atoms with Gasteiger partial charge in [-0.15, -0.1) is 0 Å². The summed E-state index contributed by atoms with van der Waals surface area (Å²) in [7, 11) is 0. The highest BCUT2D eigenvalue weighted by Gasteiger charge is 2.32. The highest BCUT2D eigenvalue weighted by atomic mass is 16.2. The standard InChI is InChI=1S/C17H14N4O2/c18-16(22)15-12-9-19-21(17(23)11-6-7-11)14(12)8-13(20-15)10-4-2-1-3-5-10/h1-5,8-9,11H,6-7H2,(H2,18,22). The number of nitrogens with two attached hydrogens (primary N) is 1. The highest BCUT2D eigenvalue weighted by molar-refractivity contribution is 6.06. The summed E-state index contributed by atoms with van der Waals surface area (Å²) in [6, 6.07) is 11.2. The Morgan fingerprint density at radius 2 is 1.91 bits per heavy atom. The molecule has 1 amide bonds. The van der Waals surface area contributed by atoms with Gasteiger partial charge in [-0.1, -0.05) is 30.3 Å². The molecule has 0 spiro atoms. The number of carbonyl (C=O) groups is 2. The zero-order chi connectivity index (χ0) is 16.0. The summed E-state index contributed by atoms with van der Waals surface area (Å²) in [4.78, 5) is 28.5. The maximum Gasteiger partial charge on any atom is 0.268 e. The second-order valence-electron chi connectivity index (χ2n) is 5.69. The van der Waals surface area contributed by atoms with Crippen LogP contribution in [-0.2, 0) is 0 Å². The molecule has 4 rings (SSSR count). The van der Waals surface area contributed by atoms with Gasteiger partial charge in [0, 0.05) is 11.5 Å². The van der Waals surface area contributed by atoms with Crippen molar-refractivity contribution in [3.05, 3.63) is 48.3 Å². The molecule has 1 aromatic carbocycles. The van der Waals surface area contributed by atoms with E-state index in [1.165, 1.54) is 10.9 Å². The van der Waals surface area contributed by atoms with Crippen LogP contribution in [0.1, 0.15) is 28.1 Å². The van der Waals surface area contributed by atoms with Gasteiger partial charge in [-0.05, 0) is 18.9 Å². The number of primary amides is 1. The van der Waals surface area contributed by atoms with Gasteiger partial charge in [-0.3, -0.25) is 9.59 Å². The zero-order valence-electron chi connectivity index (χ0n) is 12.3. The second kappa shape index (κ2) is 5.01. The smallest absolute Gasteiger partial charge is 0.268 e. The first-order valence-electron chi connectivity index (χ1n) is 7.43. The first-order valence-corrected chi connectivity index (χ1v) is 7.43. The Morgan fingerprint density at radius 1 is 1.17 bits per heavy atom. The lowest BCUT2D eigenvalue weighted by Crippen LogP contribution is -2.16. The van der Waals surface area contributed by atoms with E-state index in [-0.39, 0.29) is 17.5 Å². The summed E-state index contributed by atoms with van der Waals surface area (Å²) < 4.78 is 1.37. The van der Waals surface area contributed by atoms with Crippen LogP contribution in [0, 0.1) is 5.92 Å². The van der Waals surface area contributed by atoms with E-state index in [9.17, 15) is 9.59 Å². The van der Waals surface area contributed by atoms with Crippen LogP contribution in [0.2, 0.25) is 0 Å². The van der Waals surface area contributed by atoms with Crippen molar-refractivity contribution in [2.24, 2.45) is 11.7 Å². The molecule has 0 saturated heterocycles. The van der Waals surface area contributed by atoms with Crippen molar-refractivity contribution in [2.45, 2.75) is 12.8 Å². The first-order chi connectivity index (χ1) is 11.1. The lowest BCUT2D eigenvalue weighted by molar-refractivity contribution is 0.0875. The van der Waals surface area contributed by atoms with Crippen molar-refractivity contribution in [3.63, 3.8) is 0 Å². The summed E-state index contributed by atoms with van der Waals surface area (Å²) in [5, 5.41) is 4.66. The molecule has 1 fully saturated rings. The van der Waals surface area contributed by atoms with Crippen molar-refractivity contribution in [2.75, 3.05) is 0 Å². The average Bonchev–Trinajstić information content (AvgIpc) is 3.33. The van der Waals surface area contributed by atoms with Gasteiger partial charge < -0.3 is 5.73 Å². The Bertz CT molecular complexity index is 926. The Labute approximate surface area is 131 Å². The molecule has 2 aromatic heterocycles. The van der Waals surface area contributed by atoms with E-state index in [0.29, 0.717) is 16.6 Å². The van der Waals surface area contributed by atoms with Gasteiger partial charge in [0.15, 0.2) is 0 Å². The van der Waals surface area contributed by atoms with Crippen molar-refractivity contribution in [3.8, 4) is 11.3 Å². The van der Waals surface area contributed by atoms with Crippen molar-refractivity contribution in [1.82, 2.24) is 14.8 Å². The fourth-order valence-corrected chi connectivity index (χ4v) is 2.65. The minimum Gasteiger partial charge on any atom is -0.364 e. The SMILES string of the molecule is NC(=O)c1nc(-c2ccccc2)cc2c1cnn2C(=O)C1CC1. The number of hydrogen-bond acceptors (Lipinski definition) is 4. The summed E-state index contributed by atoms with van der Waals surface area (Å²) in [6.07, 6.45) is 3.26. The lowest BCUT2D eigenvalue weighted by atomic mass is 10.1. The van der Waals surface area contributed by atoms with Crippen LogP contribution in [0.5, 0.6) is 0 Å². The summed E-state index contributed by atoms with van der Waals surface area (Å²) >= 11 is 0. The third-order valence-electron chi connectivity index (χ3n) is 4.01. The molecular formula is C17H14N4O2. The fourth-order valence-electron chi connectivity index (χ4n) is 2.65. The molecule has 1 saturated carbocycles. The molecule has 0 atom stereocenters. The van der Waals surface area contributed by atoms with Crippen molar-refractivity contribution < 1.29 is 9.59 Å². The first kappa shape index (κ1) is 13.6. The van der Waals surface area contributed by atoms with E-state index in [4.69, 9.17) is 5.73 Å². The Hall–Kier alpha value is -3.02. The predicted octanol–water partition coefficient (Wildman–Crippen LogP) is 2.25. The molecule has 3 aromatic rings. The van der Waals surface area contributed by atoms with Crippen LogP contribution in [0.25, 0.3) is 22.2 Å². The minimum absolute atomic E-state index is 0.0310. The van der Waals surface area contributed by atoms with Gasteiger partial charge in [-0.2, -0.15) is 9.78 Å². The molecule has 1 aliphatic rings. The molecule has 1 aliphatic carbocycles. The summed E-state index contributed by atoms with van der Waals surface area (Å²) in [6.45, 7) is 0. The average molecular weight is 306 g/mol. The van der Waals surface area contributed by atoms with Crippen LogP contribution in [0.3, 0.4) is 0 Å². The van der Waals surface area contributed by atoms with Gasteiger partial charge in [0.2, 0.25) is 0 Å². The summed E-state index contributed by atoms with van der Waals surface area (Å²) in [5.41, 5.74) is 7.62. The number of carbonyl (C=O) groups excluding carboxylic acids is 2. The van der Waals surface area contributed by atoms with E-state index in [1.807, 2.05) is 30.3 Å². The number of nitrogens with zero attached hydrogens (tertiary/aromatic N) is 3. The highest BCUT2D eigenvalue weighted by Crippen LogP contribution is 2.32. The molecule has 23 heavy (non-hydrogen) atoms. The quantitative estimate of drug-likeness (QED) is 0.803. The van der Waals surface area contributed by atoms with E-state index in [2.05, 4.69) is 10.1 Å². The number of fused-ring (bicyclic) bond motifs is 1. The van der Waals surface area contributed by atoms with Crippen LogP contribution < -0.4 is 5.73 Å². The van der Waals surface area contributed by atoms with Crippen LogP contribution in [0.15, 0.2) is 42.6 Å². The van der Waals surface area contributed by atoms with Gasteiger partial charge >= 0.3 is 0 Å². The molecule has 2 N–H and O–H groups in total. The van der Waals surface area contributed by atoms with E-state index in [0.717, 1.165) is 18.4 Å².